The Labute approximate surface area is 163 Å². The highest BCUT2D eigenvalue weighted by atomic mass is 16.5. The summed E-state index contributed by atoms with van der Waals surface area (Å²) < 4.78 is 11.4. The molecular formula is C20H25N5O3. The van der Waals surface area contributed by atoms with Crippen LogP contribution in [0.25, 0.3) is 11.5 Å². The number of aromatic nitrogens is 2. The lowest BCUT2D eigenvalue weighted by atomic mass is 9.93. The fraction of sp³-hybridized carbons (Fsp3) is 0.550. The first-order valence-corrected chi connectivity index (χ1v) is 10.0. The van der Waals surface area contributed by atoms with Gasteiger partial charge < -0.3 is 24.7 Å². The van der Waals surface area contributed by atoms with E-state index in [9.17, 15) is 4.79 Å². The van der Waals surface area contributed by atoms with Crippen molar-refractivity contribution in [2.24, 2.45) is 5.41 Å². The second-order valence-electron chi connectivity index (χ2n) is 8.06. The van der Waals surface area contributed by atoms with E-state index in [0.29, 0.717) is 17.9 Å². The Morgan fingerprint density at radius 1 is 1.25 bits per heavy atom. The lowest BCUT2D eigenvalue weighted by Gasteiger charge is -2.33. The molecule has 28 heavy (non-hydrogen) atoms. The van der Waals surface area contributed by atoms with Crippen molar-refractivity contribution in [2.45, 2.75) is 38.6 Å². The Kier molecular flexibility index (Phi) is 4.14. The molecule has 1 aliphatic carbocycles. The van der Waals surface area contributed by atoms with Crippen LogP contribution in [-0.2, 0) is 4.79 Å². The van der Waals surface area contributed by atoms with Gasteiger partial charge in [-0.3, -0.25) is 4.79 Å². The minimum Gasteiger partial charge on any atom is -0.490 e. The SMILES string of the molecule is C[C@@H](Nc1nnc(-c2cccc3c2NCCO3)o1)C(=O)N1CCC2(CC1)CC2. The topological polar surface area (TPSA) is 92.5 Å². The standard InChI is InChI=1S/C20H25N5O3/c1-13(18(26)25-10-7-20(5-6-20)8-11-25)22-19-24-23-17(28-19)14-3-2-4-15-16(14)21-9-12-27-15/h2-4,13,21H,5-12H2,1H3,(H,22,24)/t13-/m1/s1. The van der Waals surface area contributed by atoms with Gasteiger partial charge in [0.25, 0.3) is 5.89 Å². The van der Waals surface area contributed by atoms with E-state index < -0.39 is 6.04 Å². The molecule has 1 amide bonds. The van der Waals surface area contributed by atoms with Gasteiger partial charge in [-0.15, -0.1) is 5.10 Å². The first-order valence-electron chi connectivity index (χ1n) is 10.0. The summed E-state index contributed by atoms with van der Waals surface area (Å²) in [5.41, 5.74) is 2.21. The van der Waals surface area contributed by atoms with E-state index in [1.165, 1.54) is 12.8 Å². The summed E-state index contributed by atoms with van der Waals surface area (Å²) >= 11 is 0. The third-order valence-corrected chi connectivity index (χ3v) is 6.15. The van der Waals surface area contributed by atoms with E-state index in [2.05, 4.69) is 20.8 Å². The van der Waals surface area contributed by atoms with E-state index in [-0.39, 0.29) is 11.9 Å². The summed E-state index contributed by atoms with van der Waals surface area (Å²) in [6.07, 6.45) is 4.92. The number of para-hydroxylation sites is 1. The minimum absolute atomic E-state index is 0.0856. The second-order valence-corrected chi connectivity index (χ2v) is 8.06. The molecule has 1 spiro atoms. The van der Waals surface area contributed by atoms with Crippen LogP contribution in [0.15, 0.2) is 22.6 Å². The van der Waals surface area contributed by atoms with Crippen LogP contribution in [0.1, 0.15) is 32.6 Å². The van der Waals surface area contributed by atoms with Crippen LogP contribution in [0.3, 0.4) is 0 Å². The van der Waals surface area contributed by atoms with Crippen LogP contribution < -0.4 is 15.4 Å². The van der Waals surface area contributed by atoms with Gasteiger partial charge in [-0.1, -0.05) is 11.2 Å². The molecule has 0 radical (unpaired) electrons. The summed E-state index contributed by atoms with van der Waals surface area (Å²) in [5, 5.41) is 14.6. The number of anilines is 2. The number of hydrogen-bond acceptors (Lipinski definition) is 7. The zero-order chi connectivity index (χ0) is 19.1. The number of benzene rings is 1. The van der Waals surface area contributed by atoms with Crippen LogP contribution >= 0.6 is 0 Å². The lowest BCUT2D eigenvalue weighted by Crippen LogP contribution is -2.45. The number of carbonyl (C=O) groups is 1. The maximum absolute atomic E-state index is 12.7. The van der Waals surface area contributed by atoms with Gasteiger partial charge in [0.15, 0.2) is 0 Å². The van der Waals surface area contributed by atoms with Crippen LogP contribution in [-0.4, -0.2) is 53.3 Å². The third kappa shape index (κ3) is 3.16. The number of piperidine rings is 1. The summed E-state index contributed by atoms with van der Waals surface area (Å²) in [4.78, 5) is 14.7. The van der Waals surface area contributed by atoms with Gasteiger partial charge in [0.1, 0.15) is 18.4 Å². The Balaban J connectivity index is 1.26. The monoisotopic (exact) mass is 383 g/mol. The average Bonchev–Trinajstić information content (AvgIpc) is 3.32. The number of rotatable bonds is 4. The molecule has 148 valence electrons. The molecule has 2 aliphatic heterocycles. The van der Waals surface area contributed by atoms with Gasteiger partial charge in [0, 0.05) is 19.6 Å². The molecule has 1 saturated carbocycles. The lowest BCUT2D eigenvalue weighted by molar-refractivity contribution is -0.133. The Bertz CT molecular complexity index is 882. The van der Waals surface area contributed by atoms with Crippen molar-refractivity contribution in [3.05, 3.63) is 18.2 Å². The molecule has 1 atom stereocenters. The van der Waals surface area contributed by atoms with Crippen molar-refractivity contribution < 1.29 is 13.9 Å². The number of nitrogens with zero attached hydrogens (tertiary/aromatic N) is 3. The maximum Gasteiger partial charge on any atom is 0.316 e. The molecule has 2 fully saturated rings. The fourth-order valence-corrected chi connectivity index (χ4v) is 4.14. The van der Waals surface area contributed by atoms with Gasteiger partial charge in [-0.25, -0.2) is 0 Å². The second kappa shape index (κ2) is 6.68. The molecule has 1 saturated heterocycles. The smallest absolute Gasteiger partial charge is 0.316 e. The third-order valence-electron chi connectivity index (χ3n) is 6.15. The molecule has 8 nitrogen and oxygen atoms in total. The number of ether oxygens (including phenoxy) is 1. The molecule has 3 aliphatic rings. The number of hydrogen-bond donors (Lipinski definition) is 2. The zero-order valence-electron chi connectivity index (χ0n) is 16.0. The van der Waals surface area contributed by atoms with Crippen LogP contribution in [0.4, 0.5) is 11.7 Å². The predicted octanol–water partition coefficient (Wildman–Crippen LogP) is 2.74. The highest BCUT2D eigenvalue weighted by Gasteiger charge is 2.45. The van der Waals surface area contributed by atoms with Crippen molar-refractivity contribution in [2.75, 3.05) is 36.9 Å². The van der Waals surface area contributed by atoms with Crippen LogP contribution in [0.2, 0.25) is 0 Å². The highest BCUT2D eigenvalue weighted by molar-refractivity contribution is 5.84. The van der Waals surface area contributed by atoms with Crippen LogP contribution in [0, 0.1) is 5.41 Å². The Hall–Kier alpha value is -2.77. The highest BCUT2D eigenvalue weighted by Crippen LogP contribution is 2.53. The molecule has 5 rings (SSSR count). The zero-order valence-corrected chi connectivity index (χ0v) is 16.0. The molecule has 8 heteroatoms. The fourth-order valence-electron chi connectivity index (χ4n) is 4.14. The van der Waals surface area contributed by atoms with E-state index in [1.54, 1.807) is 0 Å². The van der Waals surface area contributed by atoms with Gasteiger partial charge >= 0.3 is 6.01 Å². The van der Waals surface area contributed by atoms with Crippen molar-refractivity contribution in [3.63, 3.8) is 0 Å². The quantitative estimate of drug-likeness (QED) is 0.838. The molecular weight excluding hydrogens is 358 g/mol. The number of carbonyl (C=O) groups excluding carboxylic acids is 1. The molecule has 1 aromatic carbocycles. The summed E-state index contributed by atoms with van der Waals surface area (Å²) in [6.45, 7) is 4.90. The van der Waals surface area contributed by atoms with Gasteiger partial charge in [0.05, 0.1) is 11.3 Å². The molecule has 0 unspecified atom stereocenters. The van der Waals surface area contributed by atoms with E-state index in [4.69, 9.17) is 9.15 Å². The van der Waals surface area contributed by atoms with Gasteiger partial charge in [0.2, 0.25) is 5.91 Å². The predicted molar refractivity (Wildman–Crippen MR) is 104 cm³/mol. The van der Waals surface area contributed by atoms with Crippen LogP contribution in [0.5, 0.6) is 5.75 Å². The molecule has 1 aromatic heterocycles. The number of nitrogens with one attached hydrogen (secondary N) is 2. The largest absolute Gasteiger partial charge is 0.490 e. The van der Waals surface area contributed by atoms with E-state index in [0.717, 1.165) is 49.5 Å². The van der Waals surface area contributed by atoms with Crippen molar-refractivity contribution in [3.8, 4) is 17.2 Å². The summed E-state index contributed by atoms with van der Waals surface area (Å²) in [7, 11) is 0. The van der Waals surface area contributed by atoms with Gasteiger partial charge in [-0.05, 0) is 50.2 Å². The summed E-state index contributed by atoms with van der Waals surface area (Å²) in [5.74, 6) is 1.26. The Morgan fingerprint density at radius 2 is 2.07 bits per heavy atom. The number of fused-ring (bicyclic) bond motifs is 1. The summed E-state index contributed by atoms with van der Waals surface area (Å²) in [6, 6.07) is 5.56. The van der Waals surface area contributed by atoms with Crippen molar-refractivity contribution in [1.29, 1.82) is 0 Å². The first-order chi connectivity index (χ1) is 13.6. The molecule has 2 N–H and O–H groups in total. The average molecular weight is 383 g/mol. The van der Waals surface area contributed by atoms with Crippen molar-refractivity contribution in [1.82, 2.24) is 15.1 Å². The minimum atomic E-state index is -0.410. The normalized spacial score (nSPS) is 20.7. The van der Waals surface area contributed by atoms with E-state index in [1.807, 2.05) is 30.0 Å². The number of likely N-dealkylation sites (tertiary alicyclic amines) is 1. The maximum atomic E-state index is 12.7. The molecule has 0 bridgehead atoms. The van der Waals surface area contributed by atoms with E-state index >= 15 is 0 Å². The first kappa shape index (κ1) is 17.3. The molecule has 2 aromatic rings. The number of amides is 1. The van der Waals surface area contributed by atoms with Gasteiger partial charge in [-0.2, -0.15) is 0 Å². The Morgan fingerprint density at radius 3 is 2.86 bits per heavy atom. The van der Waals surface area contributed by atoms with Crippen molar-refractivity contribution >= 4 is 17.6 Å². The molecule has 3 heterocycles.